The Morgan fingerprint density at radius 1 is 0.933 bits per heavy atom. The summed E-state index contributed by atoms with van der Waals surface area (Å²) in [6.07, 6.45) is 0. The number of halogens is 2. The fourth-order valence-corrected chi connectivity index (χ4v) is 1.35. The normalized spacial score (nSPS) is 10.3. The highest BCUT2D eigenvalue weighted by molar-refractivity contribution is 5.60. The standard InChI is InChI=1S/C11H7F2NO/c12-7-3-1-4-8(13)11(7)9-5-2-6-10(15)14-9/h1-6H,(H,14,15). The average Bonchev–Trinajstić information content (AvgIpc) is 2.17. The largest absolute Gasteiger partial charge is 0.322 e. The van der Waals surface area contributed by atoms with Crippen LogP contribution < -0.4 is 5.56 Å². The maximum absolute atomic E-state index is 13.3. The molecule has 0 aliphatic heterocycles. The van der Waals surface area contributed by atoms with E-state index in [1.165, 1.54) is 24.3 Å². The van der Waals surface area contributed by atoms with E-state index in [1.807, 2.05) is 0 Å². The Hall–Kier alpha value is -1.97. The van der Waals surface area contributed by atoms with Crippen molar-refractivity contribution in [2.75, 3.05) is 0 Å². The van der Waals surface area contributed by atoms with Crippen LogP contribution in [0.4, 0.5) is 8.78 Å². The summed E-state index contributed by atoms with van der Waals surface area (Å²) in [5, 5.41) is 0. The van der Waals surface area contributed by atoms with Gasteiger partial charge in [0.05, 0.1) is 11.3 Å². The van der Waals surface area contributed by atoms with Crippen LogP contribution in [0.3, 0.4) is 0 Å². The highest BCUT2D eigenvalue weighted by atomic mass is 19.1. The van der Waals surface area contributed by atoms with Gasteiger partial charge in [0, 0.05) is 6.07 Å². The Morgan fingerprint density at radius 2 is 1.53 bits per heavy atom. The van der Waals surface area contributed by atoms with Crippen LogP contribution in [0.1, 0.15) is 0 Å². The van der Waals surface area contributed by atoms with Crippen molar-refractivity contribution in [3.05, 3.63) is 58.4 Å². The Bertz CT molecular complexity index is 528. The van der Waals surface area contributed by atoms with E-state index >= 15 is 0 Å². The number of hydrogen-bond acceptors (Lipinski definition) is 1. The number of aromatic amines is 1. The number of rotatable bonds is 1. The van der Waals surface area contributed by atoms with E-state index in [0.29, 0.717) is 0 Å². The first-order valence-corrected chi connectivity index (χ1v) is 4.32. The first-order valence-electron chi connectivity index (χ1n) is 4.32. The van der Waals surface area contributed by atoms with E-state index in [0.717, 1.165) is 12.1 Å². The lowest BCUT2D eigenvalue weighted by Gasteiger charge is -2.03. The minimum atomic E-state index is -0.697. The second-order valence-electron chi connectivity index (χ2n) is 3.03. The molecule has 15 heavy (non-hydrogen) atoms. The molecule has 4 heteroatoms. The number of H-pyrrole nitrogens is 1. The molecule has 0 atom stereocenters. The third-order valence-corrected chi connectivity index (χ3v) is 2.00. The molecule has 0 fully saturated rings. The van der Waals surface area contributed by atoms with Crippen molar-refractivity contribution in [2.24, 2.45) is 0 Å². The van der Waals surface area contributed by atoms with Crippen molar-refractivity contribution >= 4 is 0 Å². The maximum Gasteiger partial charge on any atom is 0.248 e. The summed E-state index contributed by atoms with van der Waals surface area (Å²) >= 11 is 0. The molecule has 0 saturated carbocycles. The molecule has 0 radical (unpaired) electrons. The first kappa shape index (κ1) is 9.58. The van der Waals surface area contributed by atoms with Gasteiger partial charge in [-0.3, -0.25) is 4.79 Å². The van der Waals surface area contributed by atoms with Gasteiger partial charge in [0.25, 0.3) is 0 Å². The van der Waals surface area contributed by atoms with Crippen LogP contribution in [0.25, 0.3) is 11.3 Å². The fraction of sp³-hybridized carbons (Fsp3) is 0. The minimum absolute atomic E-state index is 0.137. The molecule has 0 spiro atoms. The fourth-order valence-electron chi connectivity index (χ4n) is 1.35. The topological polar surface area (TPSA) is 32.9 Å². The highest BCUT2D eigenvalue weighted by Gasteiger charge is 2.10. The van der Waals surface area contributed by atoms with Crippen LogP contribution in [0.15, 0.2) is 41.2 Å². The number of aromatic nitrogens is 1. The van der Waals surface area contributed by atoms with Crippen molar-refractivity contribution in [2.45, 2.75) is 0 Å². The lowest BCUT2D eigenvalue weighted by atomic mass is 10.1. The van der Waals surface area contributed by atoms with Gasteiger partial charge in [0.1, 0.15) is 11.6 Å². The molecule has 0 unspecified atom stereocenters. The molecule has 76 valence electrons. The molecule has 2 nitrogen and oxygen atoms in total. The molecule has 0 amide bonds. The van der Waals surface area contributed by atoms with Crippen molar-refractivity contribution in [1.29, 1.82) is 0 Å². The molecule has 0 bridgehead atoms. The zero-order valence-electron chi connectivity index (χ0n) is 7.63. The molecule has 0 aliphatic carbocycles. The number of pyridine rings is 1. The zero-order chi connectivity index (χ0) is 10.8. The van der Waals surface area contributed by atoms with Crippen LogP contribution in [0.5, 0.6) is 0 Å². The number of benzene rings is 1. The number of nitrogens with one attached hydrogen (secondary N) is 1. The van der Waals surface area contributed by atoms with Gasteiger partial charge < -0.3 is 4.98 Å². The predicted octanol–water partition coefficient (Wildman–Crippen LogP) is 2.32. The summed E-state index contributed by atoms with van der Waals surface area (Å²) in [6.45, 7) is 0. The Morgan fingerprint density at radius 3 is 2.13 bits per heavy atom. The molecule has 1 heterocycles. The molecule has 0 saturated heterocycles. The molecule has 2 aromatic rings. The first-order chi connectivity index (χ1) is 7.18. The summed E-state index contributed by atoms with van der Waals surface area (Å²) in [6, 6.07) is 7.73. The molecule has 2 rings (SSSR count). The van der Waals surface area contributed by atoms with Crippen LogP contribution in [0, 0.1) is 11.6 Å². The lowest BCUT2D eigenvalue weighted by Crippen LogP contribution is -2.05. The molecule has 0 aliphatic rings. The van der Waals surface area contributed by atoms with Gasteiger partial charge >= 0.3 is 0 Å². The summed E-state index contributed by atoms with van der Waals surface area (Å²) in [4.78, 5) is 13.4. The van der Waals surface area contributed by atoms with E-state index < -0.39 is 17.2 Å². The average molecular weight is 207 g/mol. The second kappa shape index (κ2) is 3.65. The smallest absolute Gasteiger partial charge is 0.248 e. The number of hydrogen-bond donors (Lipinski definition) is 1. The van der Waals surface area contributed by atoms with Gasteiger partial charge in [-0.2, -0.15) is 0 Å². The minimum Gasteiger partial charge on any atom is -0.322 e. The molecular weight excluding hydrogens is 200 g/mol. The maximum atomic E-state index is 13.3. The Balaban J connectivity index is 2.69. The van der Waals surface area contributed by atoms with Gasteiger partial charge in [-0.05, 0) is 18.2 Å². The van der Waals surface area contributed by atoms with E-state index in [1.54, 1.807) is 0 Å². The van der Waals surface area contributed by atoms with Crippen LogP contribution in [-0.4, -0.2) is 4.98 Å². The lowest BCUT2D eigenvalue weighted by molar-refractivity contribution is 0.588. The van der Waals surface area contributed by atoms with Crippen LogP contribution >= 0.6 is 0 Å². The summed E-state index contributed by atoms with van der Waals surface area (Å²) in [5.41, 5.74) is -0.469. The molecular formula is C11H7F2NO. The Kier molecular flexibility index (Phi) is 2.33. The SMILES string of the molecule is O=c1cccc(-c2c(F)cccc2F)[nH]1. The third-order valence-electron chi connectivity index (χ3n) is 2.00. The van der Waals surface area contributed by atoms with Gasteiger partial charge in [0.15, 0.2) is 0 Å². The summed E-state index contributed by atoms with van der Waals surface area (Å²) in [5.74, 6) is -1.39. The monoisotopic (exact) mass is 207 g/mol. The molecule has 1 aromatic carbocycles. The van der Waals surface area contributed by atoms with Crippen molar-refractivity contribution in [3.8, 4) is 11.3 Å². The van der Waals surface area contributed by atoms with E-state index in [9.17, 15) is 13.6 Å². The summed E-state index contributed by atoms with van der Waals surface area (Å²) < 4.78 is 26.6. The third kappa shape index (κ3) is 1.79. The summed E-state index contributed by atoms with van der Waals surface area (Å²) in [7, 11) is 0. The van der Waals surface area contributed by atoms with Crippen LogP contribution in [0.2, 0.25) is 0 Å². The second-order valence-corrected chi connectivity index (χ2v) is 3.03. The van der Waals surface area contributed by atoms with Gasteiger partial charge in [0.2, 0.25) is 5.56 Å². The van der Waals surface area contributed by atoms with Crippen LogP contribution in [-0.2, 0) is 0 Å². The highest BCUT2D eigenvalue weighted by Crippen LogP contribution is 2.22. The van der Waals surface area contributed by atoms with Crippen molar-refractivity contribution in [3.63, 3.8) is 0 Å². The Labute approximate surface area is 84.2 Å². The van der Waals surface area contributed by atoms with E-state index in [-0.39, 0.29) is 11.3 Å². The molecule has 1 aromatic heterocycles. The quantitative estimate of drug-likeness (QED) is 0.764. The van der Waals surface area contributed by atoms with E-state index in [4.69, 9.17) is 0 Å². The van der Waals surface area contributed by atoms with Gasteiger partial charge in [-0.15, -0.1) is 0 Å². The molecule has 1 N–H and O–H groups in total. The zero-order valence-corrected chi connectivity index (χ0v) is 7.63. The van der Waals surface area contributed by atoms with Crippen molar-refractivity contribution in [1.82, 2.24) is 4.98 Å². The van der Waals surface area contributed by atoms with Gasteiger partial charge in [-0.25, -0.2) is 8.78 Å². The van der Waals surface area contributed by atoms with E-state index in [2.05, 4.69) is 4.98 Å². The van der Waals surface area contributed by atoms with Gasteiger partial charge in [-0.1, -0.05) is 12.1 Å². The predicted molar refractivity (Wildman–Crippen MR) is 52.4 cm³/mol. The van der Waals surface area contributed by atoms with Crippen molar-refractivity contribution < 1.29 is 8.78 Å².